The van der Waals surface area contributed by atoms with Crippen LogP contribution >= 0.6 is 0 Å². The van der Waals surface area contributed by atoms with Crippen LogP contribution in [0.3, 0.4) is 0 Å². The number of rotatable bonds is 4. The molecule has 0 spiro atoms. The number of aromatic nitrogens is 3. The molecule has 1 aliphatic heterocycles. The Morgan fingerprint density at radius 1 is 1.16 bits per heavy atom. The van der Waals surface area contributed by atoms with Crippen LogP contribution in [0.25, 0.3) is 0 Å². The van der Waals surface area contributed by atoms with E-state index in [1.54, 1.807) is 0 Å². The number of anilines is 1. The Hall–Kier alpha value is -2.08. The summed E-state index contributed by atoms with van der Waals surface area (Å²) in [4.78, 5) is 6.62. The molecule has 0 radical (unpaired) electrons. The number of hydrogen-bond acceptors (Lipinski definition) is 5. The molecule has 100 valence electrons. The molecule has 1 fully saturated rings. The molecule has 1 aromatic carbocycles. The second-order valence-corrected chi connectivity index (χ2v) is 4.42. The quantitative estimate of drug-likeness (QED) is 0.850. The van der Waals surface area contributed by atoms with Gasteiger partial charge in [0.05, 0.1) is 0 Å². The number of nitrogens with one attached hydrogen (secondary N) is 2. The van der Waals surface area contributed by atoms with Gasteiger partial charge in [0.2, 0.25) is 5.95 Å². The highest BCUT2D eigenvalue weighted by Gasteiger charge is 2.14. The highest BCUT2D eigenvalue weighted by Crippen LogP contribution is 2.12. The third-order valence-electron chi connectivity index (χ3n) is 3.04. The lowest BCUT2D eigenvalue weighted by atomic mass is 10.3. The number of hydrogen-bond donors (Lipinski definition) is 2. The fourth-order valence-electron chi connectivity index (χ4n) is 2.02. The largest absolute Gasteiger partial charge is 0.486 e. The number of para-hydroxylation sites is 1. The molecule has 0 atom stereocenters. The first kappa shape index (κ1) is 12.0. The van der Waals surface area contributed by atoms with Crippen molar-refractivity contribution in [2.24, 2.45) is 0 Å². The first-order valence-corrected chi connectivity index (χ1v) is 6.46. The van der Waals surface area contributed by atoms with Crippen molar-refractivity contribution >= 4 is 5.95 Å². The van der Waals surface area contributed by atoms with Crippen molar-refractivity contribution in [3.8, 4) is 5.75 Å². The second kappa shape index (κ2) is 5.71. The summed E-state index contributed by atoms with van der Waals surface area (Å²) in [5, 5.41) is 10.5. The van der Waals surface area contributed by atoms with E-state index < -0.39 is 0 Å². The molecule has 2 heterocycles. The van der Waals surface area contributed by atoms with E-state index in [0.717, 1.165) is 43.7 Å². The first-order valence-electron chi connectivity index (χ1n) is 6.46. The Bertz CT molecular complexity index is 507. The summed E-state index contributed by atoms with van der Waals surface area (Å²) in [5.74, 6) is 2.34. The summed E-state index contributed by atoms with van der Waals surface area (Å²) in [7, 11) is 0. The van der Waals surface area contributed by atoms with Crippen LogP contribution in [-0.2, 0) is 6.61 Å². The van der Waals surface area contributed by atoms with Crippen molar-refractivity contribution in [2.45, 2.75) is 6.61 Å². The standard InChI is InChI=1S/C13H17N5O/c1-2-4-11(5-3-1)19-10-12-15-13(17-16-12)18-8-6-14-7-9-18/h1-5,14H,6-10H2,(H,15,16,17). The van der Waals surface area contributed by atoms with Crippen LogP contribution in [0, 0.1) is 0 Å². The molecule has 0 saturated carbocycles. The van der Waals surface area contributed by atoms with Gasteiger partial charge in [0.25, 0.3) is 0 Å². The number of H-pyrrole nitrogens is 1. The highest BCUT2D eigenvalue weighted by atomic mass is 16.5. The molecule has 1 aromatic heterocycles. The van der Waals surface area contributed by atoms with Crippen molar-refractivity contribution in [2.75, 3.05) is 31.1 Å². The van der Waals surface area contributed by atoms with Gasteiger partial charge < -0.3 is 15.0 Å². The van der Waals surface area contributed by atoms with Gasteiger partial charge in [0.15, 0.2) is 5.82 Å². The number of piperazine rings is 1. The Morgan fingerprint density at radius 3 is 2.74 bits per heavy atom. The molecular formula is C13H17N5O. The van der Waals surface area contributed by atoms with Gasteiger partial charge in [-0.2, -0.15) is 4.98 Å². The van der Waals surface area contributed by atoms with Crippen molar-refractivity contribution in [3.05, 3.63) is 36.2 Å². The number of ether oxygens (including phenoxy) is 1. The van der Waals surface area contributed by atoms with E-state index in [-0.39, 0.29) is 0 Å². The molecule has 2 N–H and O–H groups in total. The van der Waals surface area contributed by atoms with Crippen LogP contribution in [0.1, 0.15) is 5.82 Å². The van der Waals surface area contributed by atoms with E-state index in [9.17, 15) is 0 Å². The summed E-state index contributed by atoms with van der Waals surface area (Å²) < 4.78 is 5.63. The molecule has 0 unspecified atom stereocenters. The molecule has 1 saturated heterocycles. The van der Waals surface area contributed by atoms with E-state index in [1.807, 2.05) is 30.3 Å². The number of aromatic amines is 1. The summed E-state index contributed by atoms with van der Waals surface area (Å²) in [6.45, 7) is 4.24. The number of nitrogens with zero attached hydrogens (tertiary/aromatic N) is 3. The van der Waals surface area contributed by atoms with Gasteiger partial charge in [-0.3, -0.25) is 5.10 Å². The maximum atomic E-state index is 5.63. The maximum absolute atomic E-state index is 5.63. The SMILES string of the molecule is c1ccc(OCc2nc(N3CCNCC3)n[nH]2)cc1. The summed E-state index contributed by atoms with van der Waals surface area (Å²) in [6, 6.07) is 9.70. The smallest absolute Gasteiger partial charge is 0.244 e. The summed E-state index contributed by atoms with van der Waals surface area (Å²) in [5.41, 5.74) is 0. The van der Waals surface area contributed by atoms with Crippen LogP contribution in [0.15, 0.2) is 30.3 Å². The van der Waals surface area contributed by atoms with Gasteiger partial charge in [0, 0.05) is 26.2 Å². The number of benzene rings is 1. The Balaban J connectivity index is 1.58. The van der Waals surface area contributed by atoms with Crippen LogP contribution in [0.5, 0.6) is 5.75 Å². The van der Waals surface area contributed by atoms with Gasteiger partial charge in [0.1, 0.15) is 12.4 Å². The zero-order valence-electron chi connectivity index (χ0n) is 10.7. The van der Waals surface area contributed by atoms with Gasteiger partial charge in [-0.15, -0.1) is 5.10 Å². The molecular weight excluding hydrogens is 242 g/mol. The average Bonchev–Trinajstić information content (AvgIpc) is 2.96. The van der Waals surface area contributed by atoms with Crippen molar-refractivity contribution in [3.63, 3.8) is 0 Å². The molecule has 1 aliphatic rings. The van der Waals surface area contributed by atoms with Gasteiger partial charge >= 0.3 is 0 Å². The van der Waals surface area contributed by atoms with Crippen molar-refractivity contribution < 1.29 is 4.74 Å². The fraction of sp³-hybridized carbons (Fsp3) is 0.385. The molecule has 2 aromatic rings. The molecule has 3 rings (SSSR count). The van der Waals surface area contributed by atoms with Crippen LogP contribution < -0.4 is 15.0 Å². The molecule has 0 amide bonds. The van der Waals surface area contributed by atoms with Crippen LogP contribution in [0.4, 0.5) is 5.95 Å². The Morgan fingerprint density at radius 2 is 1.95 bits per heavy atom. The van der Waals surface area contributed by atoms with E-state index in [1.165, 1.54) is 0 Å². The predicted octanol–water partition coefficient (Wildman–Crippen LogP) is 0.793. The molecule has 6 nitrogen and oxygen atoms in total. The van der Waals surface area contributed by atoms with E-state index >= 15 is 0 Å². The molecule has 6 heteroatoms. The molecule has 19 heavy (non-hydrogen) atoms. The summed E-state index contributed by atoms with van der Waals surface area (Å²) in [6.07, 6.45) is 0. The predicted molar refractivity (Wildman–Crippen MR) is 72.2 cm³/mol. The second-order valence-electron chi connectivity index (χ2n) is 4.42. The minimum Gasteiger partial charge on any atom is -0.486 e. The summed E-state index contributed by atoms with van der Waals surface area (Å²) >= 11 is 0. The topological polar surface area (TPSA) is 66.1 Å². The van der Waals surface area contributed by atoms with E-state index in [2.05, 4.69) is 25.4 Å². The van der Waals surface area contributed by atoms with Crippen LogP contribution in [0.2, 0.25) is 0 Å². The normalized spacial score (nSPS) is 15.5. The molecule has 0 bridgehead atoms. The third kappa shape index (κ3) is 3.03. The fourth-order valence-corrected chi connectivity index (χ4v) is 2.02. The monoisotopic (exact) mass is 259 g/mol. The van der Waals surface area contributed by atoms with Gasteiger partial charge in [-0.25, -0.2) is 0 Å². The van der Waals surface area contributed by atoms with Crippen molar-refractivity contribution in [1.29, 1.82) is 0 Å². The van der Waals surface area contributed by atoms with E-state index in [0.29, 0.717) is 6.61 Å². The minimum absolute atomic E-state index is 0.406. The highest BCUT2D eigenvalue weighted by molar-refractivity contribution is 5.29. The Kier molecular flexibility index (Phi) is 3.60. The first-order chi connectivity index (χ1) is 9.42. The zero-order chi connectivity index (χ0) is 12.9. The van der Waals surface area contributed by atoms with Gasteiger partial charge in [-0.05, 0) is 12.1 Å². The lowest BCUT2D eigenvalue weighted by Gasteiger charge is -2.25. The average molecular weight is 259 g/mol. The minimum atomic E-state index is 0.406. The molecule has 0 aliphatic carbocycles. The maximum Gasteiger partial charge on any atom is 0.244 e. The van der Waals surface area contributed by atoms with Gasteiger partial charge in [-0.1, -0.05) is 18.2 Å². The van der Waals surface area contributed by atoms with E-state index in [4.69, 9.17) is 4.74 Å². The lowest BCUT2D eigenvalue weighted by Crippen LogP contribution is -2.44. The zero-order valence-corrected chi connectivity index (χ0v) is 10.7. The third-order valence-corrected chi connectivity index (χ3v) is 3.04. The lowest BCUT2D eigenvalue weighted by molar-refractivity contribution is 0.296. The Labute approximate surface area is 111 Å². The van der Waals surface area contributed by atoms with Crippen molar-refractivity contribution in [1.82, 2.24) is 20.5 Å². The van der Waals surface area contributed by atoms with Crippen LogP contribution in [-0.4, -0.2) is 41.4 Å².